The van der Waals surface area contributed by atoms with E-state index in [0.717, 1.165) is 30.4 Å². The van der Waals surface area contributed by atoms with Crippen LogP contribution in [0, 0.1) is 25.2 Å². The van der Waals surface area contributed by atoms with Crippen molar-refractivity contribution >= 4 is 11.9 Å². The molecule has 5 heteroatoms. The summed E-state index contributed by atoms with van der Waals surface area (Å²) in [5.41, 5.74) is 1.50. The normalized spacial score (nSPS) is 17.4. The highest BCUT2D eigenvalue weighted by Crippen LogP contribution is 2.27. The summed E-state index contributed by atoms with van der Waals surface area (Å²) in [6, 6.07) is 7.67. The number of nitrogens with one attached hydrogen (secondary N) is 1. The number of hydrogen-bond donors (Lipinski definition) is 1. The Kier molecular flexibility index (Phi) is 5.61. The van der Waals surface area contributed by atoms with Gasteiger partial charge in [0.25, 0.3) is 5.91 Å². The molecule has 128 valence electrons. The number of amides is 1. The Labute approximate surface area is 143 Å². The summed E-state index contributed by atoms with van der Waals surface area (Å²) in [4.78, 5) is 24.6. The third kappa shape index (κ3) is 4.14. The van der Waals surface area contributed by atoms with E-state index in [2.05, 4.69) is 11.4 Å². The highest BCUT2D eigenvalue weighted by Gasteiger charge is 2.35. The molecule has 1 aromatic rings. The van der Waals surface area contributed by atoms with Gasteiger partial charge in [-0.25, -0.2) is 4.79 Å². The maximum absolute atomic E-state index is 12.3. The van der Waals surface area contributed by atoms with Gasteiger partial charge in [0.2, 0.25) is 0 Å². The first-order valence-electron chi connectivity index (χ1n) is 8.38. The molecule has 0 aromatic heterocycles. The predicted octanol–water partition coefficient (Wildman–Crippen LogP) is 3.19. The molecule has 1 aliphatic rings. The molecule has 2 rings (SSSR count). The fourth-order valence-corrected chi connectivity index (χ4v) is 3.08. The fraction of sp³-hybridized carbons (Fsp3) is 0.526. The molecule has 1 atom stereocenters. The topological polar surface area (TPSA) is 79.2 Å². The summed E-state index contributed by atoms with van der Waals surface area (Å²) in [6.07, 6.45) is 3.27. The van der Waals surface area contributed by atoms with Crippen LogP contribution in [0.1, 0.15) is 60.5 Å². The lowest BCUT2D eigenvalue weighted by Gasteiger charge is -2.32. The van der Waals surface area contributed by atoms with Crippen molar-refractivity contribution in [2.75, 3.05) is 0 Å². The van der Waals surface area contributed by atoms with Crippen molar-refractivity contribution in [3.63, 3.8) is 0 Å². The van der Waals surface area contributed by atoms with E-state index in [4.69, 9.17) is 4.74 Å². The van der Waals surface area contributed by atoms with Crippen LogP contribution in [0.2, 0.25) is 0 Å². The van der Waals surface area contributed by atoms with Crippen molar-refractivity contribution in [2.24, 2.45) is 0 Å². The SMILES string of the molecule is Cc1ccc(C(=O)O[C@H](C)C(=O)NC2(C#N)CCCCC2)c(C)c1. The van der Waals surface area contributed by atoms with Crippen LogP contribution in [0.25, 0.3) is 0 Å². The van der Waals surface area contributed by atoms with Gasteiger partial charge in [-0.1, -0.05) is 37.0 Å². The average Bonchev–Trinajstić information content (AvgIpc) is 2.55. The Morgan fingerprint density at radius 2 is 1.92 bits per heavy atom. The minimum atomic E-state index is -0.939. The van der Waals surface area contributed by atoms with E-state index >= 15 is 0 Å². The number of nitrogens with zero attached hydrogens (tertiary/aromatic N) is 1. The van der Waals surface area contributed by atoms with Gasteiger partial charge in [0.15, 0.2) is 6.10 Å². The molecular weight excluding hydrogens is 304 g/mol. The molecule has 1 N–H and O–H groups in total. The second-order valence-electron chi connectivity index (χ2n) is 6.61. The van der Waals surface area contributed by atoms with Crippen LogP contribution in [-0.2, 0) is 9.53 Å². The van der Waals surface area contributed by atoms with E-state index < -0.39 is 23.5 Å². The fourth-order valence-electron chi connectivity index (χ4n) is 3.08. The smallest absolute Gasteiger partial charge is 0.339 e. The van der Waals surface area contributed by atoms with E-state index in [1.54, 1.807) is 6.07 Å². The number of carbonyl (C=O) groups is 2. The number of nitriles is 1. The maximum atomic E-state index is 12.3. The highest BCUT2D eigenvalue weighted by molar-refractivity contribution is 5.93. The van der Waals surface area contributed by atoms with Crippen LogP contribution < -0.4 is 5.32 Å². The summed E-state index contributed by atoms with van der Waals surface area (Å²) in [6.45, 7) is 5.31. The van der Waals surface area contributed by atoms with Crippen molar-refractivity contribution in [3.05, 3.63) is 34.9 Å². The first-order valence-corrected chi connectivity index (χ1v) is 8.38. The van der Waals surface area contributed by atoms with Gasteiger partial charge in [-0.2, -0.15) is 5.26 Å². The molecule has 24 heavy (non-hydrogen) atoms. The Balaban J connectivity index is 2.00. The molecule has 0 saturated heterocycles. The summed E-state index contributed by atoms with van der Waals surface area (Å²) in [5.74, 6) is -0.943. The Morgan fingerprint density at radius 3 is 2.50 bits per heavy atom. The average molecular weight is 328 g/mol. The van der Waals surface area contributed by atoms with Gasteiger partial charge in [-0.3, -0.25) is 4.79 Å². The van der Waals surface area contributed by atoms with Crippen LogP contribution in [-0.4, -0.2) is 23.5 Å². The maximum Gasteiger partial charge on any atom is 0.339 e. The van der Waals surface area contributed by atoms with E-state index in [9.17, 15) is 14.9 Å². The van der Waals surface area contributed by atoms with Crippen LogP contribution in [0.15, 0.2) is 18.2 Å². The first-order chi connectivity index (χ1) is 11.4. The van der Waals surface area contributed by atoms with Gasteiger partial charge in [0.1, 0.15) is 5.54 Å². The van der Waals surface area contributed by atoms with Crippen molar-refractivity contribution in [1.82, 2.24) is 5.32 Å². The number of rotatable bonds is 4. The number of ether oxygens (including phenoxy) is 1. The zero-order valence-corrected chi connectivity index (χ0v) is 14.5. The minimum absolute atomic E-state index is 0.420. The summed E-state index contributed by atoms with van der Waals surface area (Å²) in [5, 5.41) is 12.2. The lowest BCUT2D eigenvalue weighted by Crippen LogP contribution is -2.52. The second kappa shape index (κ2) is 7.48. The van der Waals surface area contributed by atoms with Crippen LogP contribution >= 0.6 is 0 Å². The summed E-state index contributed by atoms with van der Waals surface area (Å²) >= 11 is 0. The van der Waals surface area contributed by atoms with Gasteiger partial charge >= 0.3 is 5.97 Å². The van der Waals surface area contributed by atoms with E-state index in [-0.39, 0.29) is 0 Å². The Hall–Kier alpha value is -2.35. The minimum Gasteiger partial charge on any atom is -0.449 e. The quantitative estimate of drug-likeness (QED) is 0.861. The van der Waals surface area contributed by atoms with Crippen molar-refractivity contribution in [1.29, 1.82) is 5.26 Å². The van der Waals surface area contributed by atoms with Crippen molar-refractivity contribution < 1.29 is 14.3 Å². The largest absolute Gasteiger partial charge is 0.449 e. The summed E-state index contributed by atoms with van der Waals surface area (Å²) < 4.78 is 5.29. The zero-order valence-electron chi connectivity index (χ0n) is 14.5. The van der Waals surface area contributed by atoms with Crippen LogP contribution in [0.5, 0.6) is 0 Å². The number of aryl methyl sites for hydroxylation is 2. The first kappa shape index (κ1) is 18.0. The predicted molar refractivity (Wildman–Crippen MR) is 90.4 cm³/mol. The molecule has 1 amide bonds. The molecule has 0 bridgehead atoms. The molecule has 0 spiro atoms. The van der Waals surface area contributed by atoms with Gasteiger partial charge < -0.3 is 10.1 Å². The molecule has 0 unspecified atom stereocenters. The third-order valence-corrected chi connectivity index (χ3v) is 4.54. The monoisotopic (exact) mass is 328 g/mol. The molecular formula is C19H24N2O3. The van der Waals surface area contributed by atoms with Gasteiger partial charge in [-0.05, 0) is 45.2 Å². The van der Waals surface area contributed by atoms with E-state index in [1.165, 1.54) is 6.92 Å². The Morgan fingerprint density at radius 1 is 1.25 bits per heavy atom. The van der Waals surface area contributed by atoms with E-state index in [1.807, 2.05) is 26.0 Å². The zero-order chi connectivity index (χ0) is 17.7. The molecule has 0 heterocycles. The van der Waals surface area contributed by atoms with Crippen molar-refractivity contribution in [2.45, 2.75) is 64.5 Å². The highest BCUT2D eigenvalue weighted by atomic mass is 16.5. The number of benzene rings is 1. The van der Waals surface area contributed by atoms with Crippen molar-refractivity contribution in [3.8, 4) is 6.07 Å². The van der Waals surface area contributed by atoms with Gasteiger partial charge in [0, 0.05) is 0 Å². The van der Waals surface area contributed by atoms with Gasteiger partial charge in [-0.15, -0.1) is 0 Å². The van der Waals surface area contributed by atoms with Gasteiger partial charge in [0.05, 0.1) is 11.6 Å². The number of esters is 1. The van der Waals surface area contributed by atoms with Crippen LogP contribution in [0.3, 0.4) is 0 Å². The molecule has 0 aliphatic heterocycles. The lowest BCUT2D eigenvalue weighted by molar-refractivity contribution is -0.130. The number of hydrogen-bond acceptors (Lipinski definition) is 4. The lowest BCUT2D eigenvalue weighted by atomic mass is 9.83. The molecule has 1 fully saturated rings. The number of carbonyl (C=O) groups excluding carboxylic acids is 2. The standard InChI is InChI=1S/C19H24N2O3/c1-13-7-8-16(14(2)11-13)18(23)24-15(3)17(22)21-19(12-20)9-5-4-6-10-19/h7-8,11,15H,4-6,9-10H2,1-3H3,(H,21,22)/t15-/m1/s1. The van der Waals surface area contributed by atoms with E-state index in [0.29, 0.717) is 18.4 Å². The molecule has 5 nitrogen and oxygen atoms in total. The molecule has 1 saturated carbocycles. The molecule has 1 aliphatic carbocycles. The summed E-state index contributed by atoms with van der Waals surface area (Å²) in [7, 11) is 0. The Bertz CT molecular complexity index is 670. The van der Waals surface area contributed by atoms with Crippen LogP contribution in [0.4, 0.5) is 0 Å². The molecule has 0 radical (unpaired) electrons. The molecule has 1 aromatic carbocycles. The second-order valence-corrected chi connectivity index (χ2v) is 6.61. The third-order valence-electron chi connectivity index (χ3n) is 4.54.